The van der Waals surface area contributed by atoms with Crippen LogP contribution in [-0.4, -0.2) is 4.98 Å². The Morgan fingerprint density at radius 2 is 2.31 bits per heavy atom. The zero-order valence-corrected chi connectivity index (χ0v) is 10.2. The maximum absolute atomic E-state index is 5.60. The molecule has 0 aliphatic rings. The third kappa shape index (κ3) is 3.15. The summed E-state index contributed by atoms with van der Waals surface area (Å²) in [6.45, 7) is 8.25. The maximum atomic E-state index is 5.60. The minimum atomic E-state index is 0.0728. The fourth-order valence-corrected chi connectivity index (χ4v) is 1.73. The number of hydrogen-bond donors (Lipinski definition) is 2. The Labute approximate surface area is 97.7 Å². The molecule has 0 aliphatic heterocycles. The minimum Gasteiger partial charge on any atom is -0.271 e. The molecule has 1 aromatic heterocycles. The average molecular weight is 219 g/mol. The monoisotopic (exact) mass is 219 g/mol. The fourth-order valence-electron chi connectivity index (χ4n) is 1.73. The molecule has 0 aromatic carbocycles. The first kappa shape index (κ1) is 12.9. The molecule has 1 atom stereocenters. The van der Waals surface area contributed by atoms with E-state index in [1.165, 1.54) is 11.1 Å². The molecular formula is C13H21N3. The van der Waals surface area contributed by atoms with Gasteiger partial charge in [-0.05, 0) is 30.9 Å². The van der Waals surface area contributed by atoms with E-state index in [1.54, 1.807) is 0 Å². The Morgan fingerprint density at radius 1 is 1.56 bits per heavy atom. The summed E-state index contributed by atoms with van der Waals surface area (Å²) in [7, 11) is 0. The first-order valence-corrected chi connectivity index (χ1v) is 5.79. The summed E-state index contributed by atoms with van der Waals surface area (Å²) in [5.74, 6) is 5.60. The smallest absolute Gasteiger partial charge is 0.0671 e. The van der Waals surface area contributed by atoms with Gasteiger partial charge in [0.1, 0.15) is 0 Å². The maximum Gasteiger partial charge on any atom is 0.0671 e. The average Bonchev–Trinajstić information content (AvgIpc) is 2.35. The van der Waals surface area contributed by atoms with Gasteiger partial charge in [0.25, 0.3) is 0 Å². The second kappa shape index (κ2) is 6.40. The van der Waals surface area contributed by atoms with Gasteiger partial charge in [0.15, 0.2) is 0 Å². The van der Waals surface area contributed by atoms with Gasteiger partial charge in [0.05, 0.1) is 11.7 Å². The lowest BCUT2D eigenvalue weighted by molar-refractivity contribution is 0.527. The van der Waals surface area contributed by atoms with Gasteiger partial charge in [-0.15, -0.1) is 0 Å². The highest BCUT2D eigenvalue weighted by Crippen LogP contribution is 2.22. The van der Waals surface area contributed by atoms with Crippen LogP contribution < -0.4 is 11.3 Å². The van der Waals surface area contributed by atoms with Crippen molar-refractivity contribution < 1.29 is 0 Å². The number of hydrogen-bond acceptors (Lipinski definition) is 3. The predicted octanol–water partition coefficient (Wildman–Crippen LogP) is 2.50. The van der Waals surface area contributed by atoms with E-state index < -0.39 is 0 Å². The van der Waals surface area contributed by atoms with Gasteiger partial charge in [0, 0.05) is 6.20 Å². The Morgan fingerprint density at radius 3 is 2.88 bits per heavy atom. The number of nitrogens with zero attached hydrogens (tertiary/aromatic N) is 1. The molecule has 1 unspecified atom stereocenters. The normalized spacial score (nSPS) is 12.4. The van der Waals surface area contributed by atoms with Crippen molar-refractivity contribution in [2.75, 3.05) is 0 Å². The third-order valence-corrected chi connectivity index (χ3v) is 2.83. The Kier molecular flexibility index (Phi) is 5.15. The predicted molar refractivity (Wildman–Crippen MR) is 67.7 cm³/mol. The van der Waals surface area contributed by atoms with E-state index in [2.05, 4.69) is 36.9 Å². The van der Waals surface area contributed by atoms with E-state index in [0.29, 0.717) is 0 Å². The van der Waals surface area contributed by atoms with Gasteiger partial charge in [-0.1, -0.05) is 32.1 Å². The van der Waals surface area contributed by atoms with Crippen molar-refractivity contribution in [3.8, 4) is 0 Å². The number of hydrazine groups is 1. The largest absolute Gasteiger partial charge is 0.271 e. The number of rotatable bonds is 6. The van der Waals surface area contributed by atoms with Gasteiger partial charge in [-0.25, -0.2) is 0 Å². The lowest BCUT2D eigenvalue weighted by Gasteiger charge is -2.18. The quantitative estimate of drug-likeness (QED) is 0.439. The number of nitrogens with one attached hydrogen (secondary N) is 1. The van der Waals surface area contributed by atoms with Crippen molar-refractivity contribution in [3.63, 3.8) is 0 Å². The molecule has 0 amide bonds. The molecule has 0 bridgehead atoms. The molecule has 3 N–H and O–H groups in total. The van der Waals surface area contributed by atoms with Crippen molar-refractivity contribution >= 4 is 0 Å². The summed E-state index contributed by atoms with van der Waals surface area (Å²) < 4.78 is 0. The van der Waals surface area contributed by atoms with Crippen LogP contribution in [0.3, 0.4) is 0 Å². The zero-order valence-electron chi connectivity index (χ0n) is 10.2. The van der Waals surface area contributed by atoms with Crippen LogP contribution in [0.15, 0.2) is 30.5 Å². The summed E-state index contributed by atoms with van der Waals surface area (Å²) in [5, 5.41) is 0. The Hall–Kier alpha value is -1.19. The van der Waals surface area contributed by atoms with Crippen molar-refractivity contribution in [1.29, 1.82) is 0 Å². The number of nitrogens with two attached hydrogens (primary N) is 1. The summed E-state index contributed by atoms with van der Waals surface area (Å²) in [6, 6.07) is 4.13. The molecule has 1 rings (SSSR count). The topological polar surface area (TPSA) is 50.9 Å². The molecule has 0 fully saturated rings. The standard InChI is InChI=1S/C13H21N3/c1-4-10(3)9-12(16-14)13-11(5-2)7-6-8-15-13/h6-8,12,16H,3-5,9,14H2,1-2H3. The number of pyridine rings is 1. The summed E-state index contributed by atoms with van der Waals surface area (Å²) >= 11 is 0. The van der Waals surface area contributed by atoms with Gasteiger partial charge in [-0.3, -0.25) is 16.3 Å². The molecule has 0 aliphatic carbocycles. The van der Waals surface area contributed by atoms with Crippen LogP contribution in [0, 0.1) is 0 Å². The first-order valence-electron chi connectivity index (χ1n) is 5.79. The van der Waals surface area contributed by atoms with E-state index in [-0.39, 0.29) is 6.04 Å². The molecule has 1 aromatic rings. The SMILES string of the molecule is C=C(CC)CC(NN)c1ncccc1CC. The Bertz CT molecular complexity index is 347. The lowest BCUT2D eigenvalue weighted by Crippen LogP contribution is -2.29. The molecule has 1 heterocycles. The Balaban J connectivity index is 2.89. The molecule has 88 valence electrons. The van der Waals surface area contributed by atoms with E-state index in [0.717, 1.165) is 25.0 Å². The zero-order chi connectivity index (χ0) is 12.0. The number of aryl methyl sites for hydroxylation is 1. The van der Waals surface area contributed by atoms with E-state index in [1.807, 2.05) is 12.3 Å². The van der Waals surface area contributed by atoms with Crippen LogP contribution >= 0.6 is 0 Å². The summed E-state index contributed by atoms with van der Waals surface area (Å²) in [5.41, 5.74) is 6.31. The van der Waals surface area contributed by atoms with Crippen molar-refractivity contribution in [2.24, 2.45) is 5.84 Å². The second-order valence-electron chi connectivity index (χ2n) is 3.93. The van der Waals surface area contributed by atoms with Crippen molar-refractivity contribution in [1.82, 2.24) is 10.4 Å². The molecule has 0 saturated carbocycles. The van der Waals surface area contributed by atoms with Crippen LogP contribution in [0.1, 0.15) is 44.0 Å². The highest BCUT2D eigenvalue weighted by molar-refractivity contribution is 5.24. The molecule has 3 nitrogen and oxygen atoms in total. The van der Waals surface area contributed by atoms with E-state index in [4.69, 9.17) is 5.84 Å². The fraction of sp³-hybridized carbons (Fsp3) is 0.462. The van der Waals surface area contributed by atoms with E-state index >= 15 is 0 Å². The van der Waals surface area contributed by atoms with Gasteiger partial charge in [-0.2, -0.15) is 0 Å². The summed E-state index contributed by atoms with van der Waals surface area (Å²) in [6.07, 6.45) is 4.61. The molecule has 0 spiro atoms. The van der Waals surface area contributed by atoms with Crippen LogP contribution in [0.4, 0.5) is 0 Å². The number of aromatic nitrogens is 1. The second-order valence-corrected chi connectivity index (χ2v) is 3.93. The van der Waals surface area contributed by atoms with Crippen LogP contribution in [0.2, 0.25) is 0 Å². The van der Waals surface area contributed by atoms with Gasteiger partial charge >= 0.3 is 0 Å². The van der Waals surface area contributed by atoms with Crippen LogP contribution in [0.5, 0.6) is 0 Å². The molecule has 0 saturated heterocycles. The van der Waals surface area contributed by atoms with E-state index in [9.17, 15) is 0 Å². The van der Waals surface area contributed by atoms with Gasteiger partial charge < -0.3 is 0 Å². The highest BCUT2D eigenvalue weighted by Gasteiger charge is 2.14. The molecule has 0 radical (unpaired) electrons. The minimum absolute atomic E-state index is 0.0728. The first-order chi connectivity index (χ1) is 7.72. The third-order valence-electron chi connectivity index (χ3n) is 2.83. The molecule has 3 heteroatoms. The van der Waals surface area contributed by atoms with Crippen LogP contribution in [-0.2, 0) is 6.42 Å². The lowest BCUT2D eigenvalue weighted by atomic mass is 9.98. The molecule has 16 heavy (non-hydrogen) atoms. The van der Waals surface area contributed by atoms with Gasteiger partial charge in [0.2, 0.25) is 0 Å². The van der Waals surface area contributed by atoms with Crippen molar-refractivity contribution in [3.05, 3.63) is 41.7 Å². The molecular weight excluding hydrogens is 198 g/mol. The van der Waals surface area contributed by atoms with Crippen molar-refractivity contribution in [2.45, 2.75) is 39.2 Å². The highest BCUT2D eigenvalue weighted by atomic mass is 15.2. The van der Waals surface area contributed by atoms with Crippen LogP contribution in [0.25, 0.3) is 0 Å². The summed E-state index contributed by atoms with van der Waals surface area (Å²) in [4.78, 5) is 4.42.